The molecule has 0 spiro atoms. The molecule has 12 heavy (non-hydrogen) atoms. The minimum atomic E-state index is 1.03. The smallest absolute Gasteiger partial charge is 0.00922 e. The number of halogens is 1. The standard InChI is InChI=1S/C11H15I/c1-2-3-4-5-6-7-8-9-10-11-12/h8-11H,2-5H2,1H3. The maximum atomic E-state index is 3.11. The Kier molecular flexibility index (Phi) is 10.6. The second kappa shape index (κ2) is 10.8. The molecule has 0 radical (unpaired) electrons. The van der Waals surface area contributed by atoms with E-state index in [9.17, 15) is 0 Å². The van der Waals surface area contributed by atoms with E-state index < -0.39 is 0 Å². The second-order valence-corrected chi connectivity index (χ2v) is 3.17. The van der Waals surface area contributed by atoms with Crippen LogP contribution < -0.4 is 0 Å². The van der Waals surface area contributed by atoms with Gasteiger partial charge in [-0.2, -0.15) is 0 Å². The Balaban J connectivity index is 3.34. The van der Waals surface area contributed by atoms with Crippen molar-refractivity contribution < 1.29 is 0 Å². The predicted octanol–water partition coefficient (Wildman–Crippen LogP) is 4.08. The highest BCUT2D eigenvalue weighted by Crippen LogP contribution is 1.96. The van der Waals surface area contributed by atoms with E-state index in [0.717, 1.165) is 6.42 Å². The van der Waals surface area contributed by atoms with Gasteiger partial charge in [-0.15, -0.1) is 0 Å². The number of hydrogen-bond acceptors (Lipinski definition) is 0. The first-order valence-electron chi connectivity index (χ1n) is 4.32. The Morgan fingerprint density at radius 2 is 2.08 bits per heavy atom. The molecule has 0 aliphatic rings. The van der Waals surface area contributed by atoms with Gasteiger partial charge in [0.25, 0.3) is 0 Å². The Morgan fingerprint density at radius 1 is 1.25 bits per heavy atom. The quantitative estimate of drug-likeness (QED) is 0.314. The van der Waals surface area contributed by atoms with Crippen LogP contribution in [0.15, 0.2) is 22.3 Å². The molecule has 0 aliphatic heterocycles. The summed E-state index contributed by atoms with van der Waals surface area (Å²) in [5, 5.41) is 0. The van der Waals surface area contributed by atoms with Crippen LogP contribution in [0.2, 0.25) is 0 Å². The zero-order chi connectivity index (χ0) is 9.07. The van der Waals surface area contributed by atoms with Gasteiger partial charge in [-0.05, 0) is 16.6 Å². The van der Waals surface area contributed by atoms with Crippen LogP contribution in [0, 0.1) is 11.8 Å². The molecule has 66 valence electrons. The van der Waals surface area contributed by atoms with Crippen LogP contribution in [-0.4, -0.2) is 0 Å². The van der Waals surface area contributed by atoms with Crippen LogP contribution >= 0.6 is 22.6 Å². The molecule has 0 fully saturated rings. The van der Waals surface area contributed by atoms with E-state index in [2.05, 4.69) is 41.4 Å². The van der Waals surface area contributed by atoms with Crippen LogP contribution in [0.5, 0.6) is 0 Å². The van der Waals surface area contributed by atoms with E-state index in [4.69, 9.17) is 0 Å². The summed E-state index contributed by atoms with van der Waals surface area (Å²) in [5.41, 5.74) is 0. The normalized spacial score (nSPS) is 10.5. The molecule has 0 amide bonds. The molecule has 0 unspecified atom stereocenters. The second-order valence-electron chi connectivity index (χ2n) is 2.46. The fourth-order valence-electron chi connectivity index (χ4n) is 0.740. The van der Waals surface area contributed by atoms with Crippen LogP contribution in [0.4, 0.5) is 0 Å². The van der Waals surface area contributed by atoms with Gasteiger partial charge in [-0.25, -0.2) is 0 Å². The lowest BCUT2D eigenvalue weighted by Crippen LogP contribution is -1.69. The van der Waals surface area contributed by atoms with Crippen molar-refractivity contribution in [3.05, 3.63) is 22.3 Å². The van der Waals surface area contributed by atoms with E-state index in [0.29, 0.717) is 0 Å². The molecule has 1 heteroatoms. The summed E-state index contributed by atoms with van der Waals surface area (Å²) in [6.45, 7) is 2.21. The third kappa shape index (κ3) is 9.77. The lowest BCUT2D eigenvalue weighted by Gasteiger charge is -1.87. The van der Waals surface area contributed by atoms with Crippen molar-refractivity contribution in [3.8, 4) is 11.8 Å². The van der Waals surface area contributed by atoms with E-state index in [1.54, 1.807) is 0 Å². The van der Waals surface area contributed by atoms with Crippen molar-refractivity contribution in [2.24, 2.45) is 0 Å². The van der Waals surface area contributed by atoms with Gasteiger partial charge in [0, 0.05) is 6.42 Å². The van der Waals surface area contributed by atoms with Gasteiger partial charge in [0.1, 0.15) is 0 Å². The average molecular weight is 274 g/mol. The lowest BCUT2D eigenvalue weighted by atomic mass is 10.2. The number of hydrogen-bond donors (Lipinski definition) is 0. The molecular weight excluding hydrogens is 259 g/mol. The van der Waals surface area contributed by atoms with Crippen molar-refractivity contribution in [2.75, 3.05) is 0 Å². The van der Waals surface area contributed by atoms with E-state index >= 15 is 0 Å². The van der Waals surface area contributed by atoms with Gasteiger partial charge in [0.15, 0.2) is 0 Å². The third-order valence-electron chi connectivity index (χ3n) is 1.37. The first kappa shape index (κ1) is 11.8. The zero-order valence-corrected chi connectivity index (χ0v) is 9.67. The molecule has 0 nitrogen and oxygen atoms in total. The fraction of sp³-hybridized carbons (Fsp3) is 0.455. The topological polar surface area (TPSA) is 0 Å². The van der Waals surface area contributed by atoms with Crippen LogP contribution in [-0.2, 0) is 0 Å². The first-order chi connectivity index (χ1) is 5.91. The Hall–Kier alpha value is -0.230. The number of rotatable bonds is 4. The monoisotopic (exact) mass is 274 g/mol. The Labute approximate surface area is 89.3 Å². The van der Waals surface area contributed by atoms with Crippen LogP contribution in [0.1, 0.15) is 32.6 Å². The molecule has 0 saturated heterocycles. The summed E-state index contributed by atoms with van der Waals surface area (Å²) in [5.74, 6) is 6.10. The maximum absolute atomic E-state index is 3.11. The summed E-state index contributed by atoms with van der Waals surface area (Å²) >= 11 is 2.19. The number of unbranched alkanes of at least 4 members (excludes halogenated alkanes) is 3. The van der Waals surface area contributed by atoms with Gasteiger partial charge < -0.3 is 0 Å². The summed E-state index contributed by atoms with van der Waals surface area (Å²) in [7, 11) is 0. The highest BCUT2D eigenvalue weighted by Gasteiger charge is 1.78. The zero-order valence-electron chi connectivity index (χ0n) is 7.52. The minimum Gasteiger partial charge on any atom is -0.0985 e. The van der Waals surface area contributed by atoms with Crippen molar-refractivity contribution in [1.82, 2.24) is 0 Å². The molecule has 0 aromatic rings. The van der Waals surface area contributed by atoms with E-state index in [-0.39, 0.29) is 0 Å². The predicted molar refractivity (Wildman–Crippen MR) is 64.2 cm³/mol. The fourth-order valence-corrected chi connectivity index (χ4v) is 0.980. The molecule has 0 rings (SSSR count). The molecular formula is C11H15I. The Morgan fingerprint density at radius 3 is 2.75 bits per heavy atom. The molecule has 0 N–H and O–H groups in total. The minimum absolute atomic E-state index is 1.03. The maximum Gasteiger partial charge on any atom is 0.00922 e. The first-order valence-corrected chi connectivity index (χ1v) is 5.56. The van der Waals surface area contributed by atoms with Crippen molar-refractivity contribution >= 4 is 22.6 Å². The molecule has 0 saturated carbocycles. The number of allylic oxidation sites excluding steroid dienone is 3. The molecule has 0 bridgehead atoms. The summed E-state index contributed by atoms with van der Waals surface area (Å²) in [6, 6.07) is 0. The van der Waals surface area contributed by atoms with Gasteiger partial charge in [0.05, 0.1) is 0 Å². The van der Waals surface area contributed by atoms with Gasteiger partial charge in [0.2, 0.25) is 0 Å². The summed E-state index contributed by atoms with van der Waals surface area (Å²) < 4.78 is 1.97. The summed E-state index contributed by atoms with van der Waals surface area (Å²) in [6.07, 6.45) is 10.7. The Bertz CT molecular complexity index is 191. The van der Waals surface area contributed by atoms with Gasteiger partial charge in [-0.1, -0.05) is 66.3 Å². The van der Waals surface area contributed by atoms with E-state index in [1.807, 2.05) is 22.3 Å². The average Bonchev–Trinajstić information content (AvgIpc) is 2.10. The van der Waals surface area contributed by atoms with Crippen molar-refractivity contribution in [3.63, 3.8) is 0 Å². The van der Waals surface area contributed by atoms with Crippen molar-refractivity contribution in [1.29, 1.82) is 0 Å². The van der Waals surface area contributed by atoms with Crippen LogP contribution in [0.3, 0.4) is 0 Å². The molecule has 0 heterocycles. The van der Waals surface area contributed by atoms with Gasteiger partial charge in [-0.3, -0.25) is 0 Å². The third-order valence-corrected chi connectivity index (χ3v) is 1.79. The largest absolute Gasteiger partial charge is 0.0985 e. The summed E-state index contributed by atoms with van der Waals surface area (Å²) in [4.78, 5) is 0. The lowest BCUT2D eigenvalue weighted by molar-refractivity contribution is 0.737. The highest BCUT2D eigenvalue weighted by molar-refractivity contribution is 14.1. The molecule has 0 aliphatic carbocycles. The van der Waals surface area contributed by atoms with E-state index in [1.165, 1.54) is 19.3 Å². The van der Waals surface area contributed by atoms with Crippen molar-refractivity contribution in [2.45, 2.75) is 32.6 Å². The molecule has 0 aromatic carbocycles. The molecule has 0 aromatic heterocycles. The SMILES string of the molecule is CCCCCC#CC=CC=CI. The van der Waals surface area contributed by atoms with Gasteiger partial charge >= 0.3 is 0 Å². The highest BCUT2D eigenvalue weighted by atomic mass is 127. The molecule has 0 atom stereocenters. The van der Waals surface area contributed by atoms with Crippen LogP contribution in [0.25, 0.3) is 0 Å².